The van der Waals surface area contributed by atoms with E-state index in [0.29, 0.717) is 0 Å². The molecule has 0 saturated heterocycles. The Kier molecular flexibility index (Phi) is 4.29. The van der Waals surface area contributed by atoms with Gasteiger partial charge in [0.2, 0.25) is 0 Å². The standard InChI is InChI=1S/C36H23N/c1-3-9-27-21-31-33(17-15-23-11-5-13-29(35(23)31)19-25(27)7-1)37-34-18-16-24-12-6-14-30-20-26-8-2-4-10-28(26)22-32(34)36(24)30/h1-22,37H. The summed E-state index contributed by atoms with van der Waals surface area (Å²) in [6.45, 7) is 0. The molecule has 0 heterocycles. The van der Waals surface area contributed by atoms with Crippen LogP contribution in [0.3, 0.4) is 0 Å². The molecule has 1 heteroatoms. The minimum absolute atomic E-state index is 1.12. The van der Waals surface area contributed by atoms with Crippen molar-refractivity contribution in [2.45, 2.75) is 0 Å². The lowest BCUT2D eigenvalue weighted by Gasteiger charge is -2.17. The Hall–Kier alpha value is -4.88. The van der Waals surface area contributed by atoms with Gasteiger partial charge in [-0.1, -0.05) is 97.1 Å². The molecule has 0 unspecified atom stereocenters. The zero-order valence-corrected chi connectivity index (χ0v) is 20.2. The summed E-state index contributed by atoms with van der Waals surface area (Å²) in [5.41, 5.74) is 7.21. The highest BCUT2D eigenvalue weighted by Crippen LogP contribution is 2.36. The molecule has 0 aliphatic heterocycles. The molecule has 0 amide bonds. The molecule has 8 rings (SSSR count). The fourth-order valence-corrected chi connectivity index (χ4v) is 5.97. The van der Waals surface area contributed by atoms with Gasteiger partial charge in [0.1, 0.15) is 0 Å². The summed E-state index contributed by atoms with van der Waals surface area (Å²) >= 11 is 0. The predicted octanol–water partition coefficient (Wildman–Crippen LogP) is 5.68. The van der Waals surface area contributed by atoms with Gasteiger partial charge in [-0.3, -0.25) is 0 Å². The molecule has 0 atom stereocenters. The maximum absolute atomic E-state index is 3.88. The summed E-state index contributed by atoms with van der Waals surface area (Å²) in [5, 5.41) is 13.9. The number of hydrogen-bond donors (Lipinski definition) is 1. The average molecular weight is 470 g/mol. The van der Waals surface area contributed by atoms with Gasteiger partial charge in [0.15, 0.2) is 0 Å². The number of anilines is 2. The van der Waals surface area contributed by atoms with Crippen LogP contribution < -0.4 is 26.2 Å². The highest BCUT2D eigenvalue weighted by molar-refractivity contribution is 6.05. The van der Waals surface area contributed by atoms with Crippen molar-refractivity contribution in [3.63, 3.8) is 0 Å². The maximum atomic E-state index is 3.88. The van der Waals surface area contributed by atoms with Crippen LogP contribution >= 0.6 is 0 Å². The molecule has 0 fully saturated rings. The van der Waals surface area contributed by atoms with E-state index in [9.17, 15) is 0 Å². The molecule has 6 aromatic carbocycles. The van der Waals surface area contributed by atoms with Crippen molar-refractivity contribution in [2.24, 2.45) is 0 Å². The first-order valence-corrected chi connectivity index (χ1v) is 12.8. The molecular weight excluding hydrogens is 446 g/mol. The van der Waals surface area contributed by atoms with Crippen LogP contribution in [0.1, 0.15) is 22.3 Å². The first-order chi connectivity index (χ1) is 18.3. The second kappa shape index (κ2) is 7.81. The molecular formula is C36H23N. The third-order valence-corrected chi connectivity index (χ3v) is 7.72. The molecule has 0 spiro atoms. The molecule has 2 aliphatic rings. The molecule has 37 heavy (non-hydrogen) atoms. The van der Waals surface area contributed by atoms with Gasteiger partial charge < -0.3 is 5.32 Å². The zero-order valence-electron chi connectivity index (χ0n) is 20.2. The summed E-state index contributed by atoms with van der Waals surface area (Å²) in [7, 11) is 0. The van der Waals surface area contributed by atoms with E-state index in [-0.39, 0.29) is 0 Å². The first-order valence-electron chi connectivity index (χ1n) is 12.8. The lowest BCUT2D eigenvalue weighted by molar-refractivity contribution is 1.51. The van der Waals surface area contributed by atoms with E-state index in [0.717, 1.165) is 11.4 Å². The fraction of sp³-hybridized carbons (Fsp3) is 0. The molecule has 0 aromatic heterocycles. The summed E-state index contributed by atoms with van der Waals surface area (Å²) < 4.78 is 0. The largest absolute Gasteiger partial charge is 0.355 e. The maximum Gasteiger partial charge on any atom is 0.0464 e. The molecule has 0 saturated carbocycles. The van der Waals surface area contributed by atoms with Gasteiger partial charge in [-0.25, -0.2) is 0 Å². The summed E-state index contributed by atoms with van der Waals surface area (Å²) in [6, 6.07) is 39.4. The van der Waals surface area contributed by atoms with E-state index in [4.69, 9.17) is 0 Å². The Labute approximate surface area is 214 Å². The highest BCUT2D eigenvalue weighted by atomic mass is 14.9. The Bertz CT molecular complexity index is 2010. The van der Waals surface area contributed by atoms with Gasteiger partial charge in [0.25, 0.3) is 0 Å². The van der Waals surface area contributed by atoms with Crippen molar-refractivity contribution in [3.05, 3.63) is 152 Å². The third-order valence-electron chi connectivity index (χ3n) is 7.72. The van der Waals surface area contributed by atoms with Crippen LogP contribution in [-0.2, 0) is 0 Å². The van der Waals surface area contributed by atoms with E-state index in [1.54, 1.807) is 0 Å². The topological polar surface area (TPSA) is 12.0 Å². The Morgan fingerprint density at radius 3 is 1.24 bits per heavy atom. The number of rotatable bonds is 2. The molecule has 172 valence electrons. The zero-order chi connectivity index (χ0) is 24.3. The van der Waals surface area contributed by atoms with Gasteiger partial charge >= 0.3 is 0 Å². The smallest absolute Gasteiger partial charge is 0.0464 e. The van der Waals surface area contributed by atoms with Gasteiger partial charge in [0, 0.05) is 22.5 Å². The van der Waals surface area contributed by atoms with Crippen LogP contribution in [0.4, 0.5) is 11.4 Å². The van der Waals surface area contributed by atoms with E-state index >= 15 is 0 Å². The van der Waals surface area contributed by atoms with Crippen molar-refractivity contribution in [1.29, 1.82) is 0 Å². The van der Waals surface area contributed by atoms with E-state index in [1.165, 1.54) is 64.7 Å². The van der Waals surface area contributed by atoms with Crippen LogP contribution in [0, 0.1) is 0 Å². The second-order valence-electron chi connectivity index (χ2n) is 9.90. The van der Waals surface area contributed by atoms with Crippen LogP contribution in [0.2, 0.25) is 0 Å². The van der Waals surface area contributed by atoms with Crippen molar-refractivity contribution in [3.8, 4) is 0 Å². The molecule has 1 nitrogen and oxygen atoms in total. The van der Waals surface area contributed by atoms with Crippen LogP contribution in [0.5, 0.6) is 0 Å². The quantitative estimate of drug-likeness (QED) is 0.344. The second-order valence-corrected chi connectivity index (χ2v) is 9.90. The Balaban J connectivity index is 1.41. The predicted molar refractivity (Wildman–Crippen MR) is 157 cm³/mol. The number of hydrogen-bond acceptors (Lipinski definition) is 1. The first kappa shape index (κ1) is 20.3. The van der Waals surface area contributed by atoms with Crippen molar-refractivity contribution < 1.29 is 0 Å². The minimum atomic E-state index is 1.12. The van der Waals surface area contributed by atoms with Gasteiger partial charge in [0.05, 0.1) is 0 Å². The Morgan fingerprint density at radius 1 is 0.351 bits per heavy atom. The van der Waals surface area contributed by atoms with Crippen LogP contribution in [0.15, 0.2) is 109 Å². The van der Waals surface area contributed by atoms with Crippen LogP contribution in [0.25, 0.3) is 45.8 Å². The minimum Gasteiger partial charge on any atom is -0.355 e. The summed E-state index contributed by atoms with van der Waals surface area (Å²) in [4.78, 5) is 0. The van der Waals surface area contributed by atoms with E-state index < -0.39 is 0 Å². The summed E-state index contributed by atoms with van der Waals surface area (Å²) in [6.07, 6.45) is 9.30. The summed E-state index contributed by atoms with van der Waals surface area (Å²) in [5.74, 6) is 0. The molecule has 2 aliphatic carbocycles. The third kappa shape index (κ3) is 3.18. The normalized spacial score (nSPS) is 12.6. The van der Waals surface area contributed by atoms with Gasteiger partial charge in [-0.05, 0) is 90.0 Å². The molecule has 1 N–H and O–H groups in total. The molecule has 0 bridgehead atoms. The SMILES string of the molecule is C1=c2ccccc2=Cc2c(Nc3ccc4cccc5c4c3C=c3ccccc3=C5)ccc3cccc1c23. The number of fused-ring (bicyclic) bond motifs is 2. The number of benzene rings is 6. The van der Waals surface area contributed by atoms with Crippen molar-refractivity contribution in [1.82, 2.24) is 0 Å². The Morgan fingerprint density at radius 2 is 0.784 bits per heavy atom. The van der Waals surface area contributed by atoms with E-state index in [2.05, 4.69) is 139 Å². The lowest BCUT2D eigenvalue weighted by Crippen LogP contribution is -2.23. The van der Waals surface area contributed by atoms with Gasteiger partial charge in [-0.15, -0.1) is 0 Å². The van der Waals surface area contributed by atoms with Crippen LogP contribution in [-0.4, -0.2) is 0 Å². The lowest BCUT2D eigenvalue weighted by atomic mass is 9.96. The monoisotopic (exact) mass is 469 g/mol. The molecule has 0 radical (unpaired) electrons. The van der Waals surface area contributed by atoms with Gasteiger partial charge in [-0.2, -0.15) is 0 Å². The van der Waals surface area contributed by atoms with E-state index in [1.807, 2.05) is 0 Å². The van der Waals surface area contributed by atoms with Crippen molar-refractivity contribution >= 4 is 57.2 Å². The highest BCUT2D eigenvalue weighted by Gasteiger charge is 2.15. The average Bonchev–Trinajstić information content (AvgIpc) is 3.21. The fourth-order valence-electron chi connectivity index (χ4n) is 5.97. The molecule has 6 aromatic rings. The number of nitrogens with one attached hydrogen (secondary N) is 1. The van der Waals surface area contributed by atoms with Crippen molar-refractivity contribution in [2.75, 3.05) is 5.32 Å².